The fraction of sp³-hybridized carbons (Fsp3) is 0. The number of aromatic nitrogens is 4. The first-order valence-electron chi connectivity index (χ1n) is 6.46. The number of hydrogen-bond acceptors (Lipinski definition) is 2. The summed E-state index contributed by atoms with van der Waals surface area (Å²) in [6, 6.07) is 18.0. The molecule has 0 fully saturated rings. The number of hydrogen-bond donors (Lipinski definition) is 0. The highest BCUT2D eigenvalue weighted by Crippen LogP contribution is 2.22. The third-order valence-electron chi connectivity index (χ3n) is 3.25. The van der Waals surface area contributed by atoms with Crippen LogP contribution < -0.4 is 0 Å². The Morgan fingerprint density at radius 1 is 0.800 bits per heavy atom. The fourth-order valence-corrected chi connectivity index (χ4v) is 2.36. The summed E-state index contributed by atoms with van der Waals surface area (Å²) in [5.74, 6) is 0.843. The molecule has 3 heterocycles. The zero-order chi connectivity index (χ0) is 13.4. The fourth-order valence-electron chi connectivity index (χ4n) is 2.36. The molecule has 0 aliphatic carbocycles. The summed E-state index contributed by atoms with van der Waals surface area (Å²) in [7, 11) is 0. The highest BCUT2D eigenvalue weighted by molar-refractivity contribution is 5.75. The predicted octanol–water partition coefficient (Wildman–Crippen LogP) is 3.21. The van der Waals surface area contributed by atoms with E-state index in [9.17, 15) is 0 Å². The third kappa shape index (κ3) is 1.62. The molecule has 0 amide bonds. The van der Waals surface area contributed by atoms with Crippen LogP contribution in [0.15, 0.2) is 73.2 Å². The summed E-state index contributed by atoms with van der Waals surface area (Å²) < 4.78 is 4.06. The van der Waals surface area contributed by atoms with Crippen molar-refractivity contribution in [1.82, 2.24) is 19.1 Å². The van der Waals surface area contributed by atoms with Crippen molar-refractivity contribution in [1.29, 1.82) is 0 Å². The molecule has 0 aliphatic heterocycles. The average Bonchev–Trinajstić information content (AvgIpc) is 3.15. The Labute approximate surface area is 116 Å². The standard InChI is InChI=1S/C16H12N4/c1-2-7-13(8-3-1)20-15-14(9-6-10-17-15)18-16(20)19-11-4-5-12-19/h1-12H. The lowest BCUT2D eigenvalue weighted by Gasteiger charge is -2.08. The molecule has 0 saturated carbocycles. The molecule has 96 valence electrons. The highest BCUT2D eigenvalue weighted by Gasteiger charge is 2.13. The minimum atomic E-state index is 0.843. The Morgan fingerprint density at radius 3 is 2.40 bits per heavy atom. The lowest BCUT2D eigenvalue weighted by Crippen LogP contribution is -2.03. The quantitative estimate of drug-likeness (QED) is 0.555. The van der Waals surface area contributed by atoms with Gasteiger partial charge in [0.2, 0.25) is 5.95 Å². The molecule has 0 unspecified atom stereocenters. The maximum atomic E-state index is 4.69. The first kappa shape index (κ1) is 11.0. The van der Waals surface area contributed by atoms with Crippen molar-refractivity contribution in [2.24, 2.45) is 0 Å². The van der Waals surface area contributed by atoms with Crippen LogP contribution >= 0.6 is 0 Å². The van der Waals surface area contributed by atoms with Crippen molar-refractivity contribution in [2.75, 3.05) is 0 Å². The second-order valence-electron chi connectivity index (χ2n) is 4.52. The van der Waals surface area contributed by atoms with Crippen molar-refractivity contribution in [3.05, 3.63) is 73.2 Å². The summed E-state index contributed by atoms with van der Waals surface area (Å²) in [6.45, 7) is 0. The van der Waals surface area contributed by atoms with E-state index in [1.807, 2.05) is 59.4 Å². The highest BCUT2D eigenvalue weighted by atomic mass is 15.3. The smallest absolute Gasteiger partial charge is 0.220 e. The summed E-state index contributed by atoms with van der Waals surface area (Å²) in [5.41, 5.74) is 2.81. The van der Waals surface area contributed by atoms with Crippen molar-refractivity contribution in [3.8, 4) is 11.6 Å². The lowest BCUT2D eigenvalue weighted by atomic mass is 10.3. The lowest BCUT2D eigenvalue weighted by molar-refractivity contribution is 0.905. The van der Waals surface area contributed by atoms with Gasteiger partial charge >= 0.3 is 0 Å². The van der Waals surface area contributed by atoms with Gasteiger partial charge < -0.3 is 0 Å². The Bertz CT molecular complexity index is 845. The second-order valence-corrected chi connectivity index (χ2v) is 4.52. The maximum absolute atomic E-state index is 4.69. The van der Waals surface area contributed by atoms with Gasteiger partial charge in [-0.15, -0.1) is 0 Å². The first-order valence-corrected chi connectivity index (χ1v) is 6.46. The Hall–Kier alpha value is -2.88. The number of fused-ring (bicyclic) bond motifs is 1. The summed E-state index contributed by atoms with van der Waals surface area (Å²) >= 11 is 0. The van der Waals surface area contributed by atoms with Gasteiger partial charge in [-0.05, 0) is 36.4 Å². The average molecular weight is 260 g/mol. The van der Waals surface area contributed by atoms with E-state index in [-0.39, 0.29) is 0 Å². The van der Waals surface area contributed by atoms with E-state index in [4.69, 9.17) is 4.98 Å². The molecule has 4 rings (SSSR count). The van der Waals surface area contributed by atoms with Crippen LogP contribution in [0, 0.1) is 0 Å². The van der Waals surface area contributed by atoms with Crippen molar-refractivity contribution in [2.45, 2.75) is 0 Å². The summed E-state index contributed by atoms with van der Waals surface area (Å²) in [6.07, 6.45) is 5.77. The van der Waals surface area contributed by atoms with Gasteiger partial charge in [0.05, 0.1) is 5.69 Å². The van der Waals surface area contributed by atoms with E-state index in [1.165, 1.54) is 0 Å². The Kier molecular flexibility index (Phi) is 2.39. The van der Waals surface area contributed by atoms with Crippen LogP contribution in [0.4, 0.5) is 0 Å². The molecule has 0 saturated heterocycles. The van der Waals surface area contributed by atoms with Crippen molar-refractivity contribution in [3.63, 3.8) is 0 Å². The minimum absolute atomic E-state index is 0.843. The van der Waals surface area contributed by atoms with Gasteiger partial charge in [-0.1, -0.05) is 18.2 Å². The van der Waals surface area contributed by atoms with Crippen LogP contribution in [-0.4, -0.2) is 19.1 Å². The van der Waals surface area contributed by atoms with Crippen LogP contribution in [0.2, 0.25) is 0 Å². The Balaban J connectivity index is 2.09. The zero-order valence-corrected chi connectivity index (χ0v) is 10.7. The molecule has 4 nitrogen and oxygen atoms in total. The monoisotopic (exact) mass is 260 g/mol. The first-order chi connectivity index (χ1) is 9.93. The SMILES string of the molecule is c1ccc(-n2c(-n3cccc3)nc3cccnc32)cc1. The van der Waals surface area contributed by atoms with E-state index in [2.05, 4.69) is 21.7 Å². The molecule has 4 heteroatoms. The van der Waals surface area contributed by atoms with Crippen molar-refractivity contribution < 1.29 is 0 Å². The molecular formula is C16H12N4. The predicted molar refractivity (Wildman–Crippen MR) is 78.2 cm³/mol. The molecule has 20 heavy (non-hydrogen) atoms. The van der Waals surface area contributed by atoms with Gasteiger partial charge in [0, 0.05) is 18.6 Å². The molecule has 3 aromatic heterocycles. The third-order valence-corrected chi connectivity index (χ3v) is 3.25. The molecule has 0 radical (unpaired) electrons. The Morgan fingerprint density at radius 2 is 1.60 bits per heavy atom. The molecule has 0 bridgehead atoms. The molecule has 1 aromatic carbocycles. The van der Waals surface area contributed by atoms with E-state index >= 15 is 0 Å². The number of rotatable bonds is 2. The number of nitrogens with zero attached hydrogens (tertiary/aromatic N) is 4. The molecular weight excluding hydrogens is 248 g/mol. The maximum Gasteiger partial charge on any atom is 0.220 e. The van der Waals surface area contributed by atoms with E-state index < -0.39 is 0 Å². The number of para-hydroxylation sites is 1. The number of imidazole rings is 1. The molecule has 0 N–H and O–H groups in total. The van der Waals surface area contributed by atoms with Crippen LogP contribution in [-0.2, 0) is 0 Å². The van der Waals surface area contributed by atoms with Crippen LogP contribution in [0.3, 0.4) is 0 Å². The topological polar surface area (TPSA) is 35.6 Å². The van der Waals surface area contributed by atoms with Crippen LogP contribution in [0.25, 0.3) is 22.8 Å². The van der Waals surface area contributed by atoms with E-state index in [0.29, 0.717) is 0 Å². The summed E-state index contributed by atoms with van der Waals surface area (Å²) in [4.78, 5) is 9.17. The molecule has 0 atom stereocenters. The second kappa shape index (κ2) is 4.35. The molecule has 4 aromatic rings. The normalized spacial score (nSPS) is 11.0. The van der Waals surface area contributed by atoms with E-state index in [1.54, 1.807) is 6.20 Å². The van der Waals surface area contributed by atoms with Gasteiger partial charge in [0.15, 0.2) is 5.65 Å². The van der Waals surface area contributed by atoms with Crippen molar-refractivity contribution >= 4 is 11.2 Å². The van der Waals surface area contributed by atoms with Crippen LogP contribution in [0.1, 0.15) is 0 Å². The number of benzene rings is 1. The molecule has 0 spiro atoms. The van der Waals surface area contributed by atoms with Gasteiger partial charge in [-0.25, -0.2) is 9.97 Å². The minimum Gasteiger partial charge on any atom is -0.294 e. The van der Waals surface area contributed by atoms with Gasteiger partial charge in [-0.2, -0.15) is 0 Å². The zero-order valence-electron chi connectivity index (χ0n) is 10.7. The van der Waals surface area contributed by atoms with Gasteiger partial charge in [0.25, 0.3) is 0 Å². The van der Waals surface area contributed by atoms with Gasteiger partial charge in [0.1, 0.15) is 5.52 Å². The summed E-state index contributed by atoms with van der Waals surface area (Å²) in [5, 5.41) is 0. The van der Waals surface area contributed by atoms with Gasteiger partial charge in [-0.3, -0.25) is 9.13 Å². The largest absolute Gasteiger partial charge is 0.294 e. The van der Waals surface area contributed by atoms with E-state index in [0.717, 1.165) is 22.8 Å². The molecule has 0 aliphatic rings. The van der Waals surface area contributed by atoms with Crippen LogP contribution in [0.5, 0.6) is 0 Å². The number of pyridine rings is 1.